The Morgan fingerprint density at radius 2 is 2.00 bits per heavy atom. The summed E-state index contributed by atoms with van der Waals surface area (Å²) in [6.45, 7) is 1.53. The SMILES string of the molecule is Cn1cnc(S(=O)(=O)N2CCN(c3ncc(C(=O)NO)s3)CC2)c1. The molecule has 0 unspecified atom stereocenters. The lowest BCUT2D eigenvalue weighted by atomic mass is 10.4. The van der Waals surface area contributed by atoms with Crippen molar-refractivity contribution in [2.75, 3.05) is 31.1 Å². The molecule has 24 heavy (non-hydrogen) atoms. The summed E-state index contributed by atoms with van der Waals surface area (Å²) in [7, 11) is -1.88. The van der Waals surface area contributed by atoms with Crippen molar-refractivity contribution < 1.29 is 18.4 Å². The number of nitrogens with one attached hydrogen (secondary N) is 1. The summed E-state index contributed by atoms with van der Waals surface area (Å²) in [6, 6.07) is 0. The number of sulfonamides is 1. The van der Waals surface area contributed by atoms with Gasteiger partial charge in [-0.25, -0.2) is 23.9 Å². The summed E-state index contributed by atoms with van der Waals surface area (Å²) in [4.78, 5) is 21.6. The maximum Gasteiger partial charge on any atom is 0.286 e. The summed E-state index contributed by atoms with van der Waals surface area (Å²) >= 11 is 1.14. The Labute approximate surface area is 142 Å². The zero-order valence-corrected chi connectivity index (χ0v) is 14.4. The van der Waals surface area contributed by atoms with E-state index in [1.807, 2.05) is 4.90 Å². The highest BCUT2D eigenvalue weighted by molar-refractivity contribution is 7.89. The van der Waals surface area contributed by atoms with Crippen LogP contribution in [-0.4, -0.2) is 64.6 Å². The van der Waals surface area contributed by atoms with Crippen LogP contribution in [-0.2, 0) is 17.1 Å². The molecule has 2 aromatic rings. The topological polar surface area (TPSA) is 121 Å². The van der Waals surface area contributed by atoms with E-state index in [1.165, 1.54) is 23.0 Å². The third-order valence-electron chi connectivity index (χ3n) is 3.61. The van der Waals surface area contributed by atoms with Crippen LogP contribution in [0.2, 0.25) is 0 Å². The van der Waals surface area contributed by atoms with Crippen LogP contribution >= 0.6 is 11.3 Å². The number of hydrogen-bond acceptors (Lipinski definition) is 8. The fraction of sp³-hybridized carbons (Fsp3) is 0.417. The number of rotatable bonds is 4. The molecule has 3 heterocycles. The van der Waals surface area contributed by atoms with Crippen molar-refractivity contribution >= 4 is 32.4 Å². The van der Waals surface area contributed by atoms with Crippen molar-refractivity contribution in [2.24, 2.45) is 7.05 Å². The van der Waals surface area contributed by atoms with Crippen molar-refractivity contribution in [1.82, 2.24) is 24.3 Å². The van der Waals surface area contributed by atoms with Gasteiger partial charge in [-0.2, -0.15) is 4.31 Å². The van der Waals surface area contributed by atoms with Gasteiger partial charge in [-0.1, -0.05) is 11.3 Å². The van der Waals surface area contributed by atoms with E-state index >= 15 is 0 Å². The number of carbonyl (C=O) groups is 1. The van der Waals surface area contributed by atoms with Gasteiger partial charge in [0.05, 0.1) is 12.5 Å². The smallest absolute Gasteiger partial charge is 0.286 e. The number of imidazole rings is 1. The summed E-state index contributed by atoms with van der Waals surface area (Å²) < 4.78 is 28.0. The Balaban J connectivity index is 1.67. The summed E-state index contributed by atoms with van der Waals surface area (Å²) in [5.41, 5.74) is 1.56. The fourth-order valence-electron chi connectivity index (χ4n) is 2.35. The lowest BCUT2D eigenvalue weighted by Crippen LogP contribution is -2.48. The Morgan fingerprint density at radius 3 is 2.58 bits per heavy atom. The van der Waals surface area contributed by atoms with Gasteiger partial charge in [-0.15, -0.1) is 0 Å². The number of anilines is 1. The lowest BCUT2D eigenvalue weighted by Gasteiger charge is -2.33. The number of piperazine rings is 1. The van der Waals surface area contributed by atoms with Gasteiger partial charge >= 0.3 is 0 Å². The van der Waals surface area contributed by atoms with E-state index in [2.05, 4.69) is 9.97 Å². The average Bonchev–Trinajstić information content (AvgIpc) is 3.23. The highest BCUT2D eigenvalue weighted by Crippen LogP contribution is 2.25. The molecule has 130 valence electrons. The zero-order chi connectivity index (χ0) is 17.3. The minimum absolute atomic E-state index is 0.0367. The molecule has 12 heteroatoms. The van der Waals surface area contributed by atoms with E-state index in [1.54, 1.807) is 17.1 Å². The summed E-state index contributed by atoms with van der Waals surface area (Å²) in [6.07, 6.45) is 4.30. The van der Waals surface area contributed by atoms with Crippen LogP contribution in [0.15, 0.2) is 23.7 Å². The molecule has 3 rings (SSSR count). The second-order valence-corrected chi connectivity index (χ2v) is 8.11. The van der Waals surface area contributed by atoms with Crippen molar-refractivity contribution in [3.8, 4) is 0 Å². The fourth-order valence-corrected chi connectivity index (χ4v) is 4.59. The minimum atomic E-state index is -3.60. The standard InChI is InChI=1S/C12H16N6O4S2/c1-16-7-10(14-8-16)24(21,22)18-4-2-17(3-5-18)12-13-6-9(23-12)11(19)15-20/h6-8,20H,2-5H2,1H3,(H,15,19). The molecule has 1 aliphatic heterocycles. The highest BCUT2D eigenvalue weighted by atomic mass is 32.2. The number of carbonyl (C=O) groups excluding carboxylic acids is 1. The maximum atomic E-state index is 12.5. The molecule has 2 aromatic heterocycles. The molecule has 0 spiro atoms. The van der Waals surface area contributed by atoms with Crippen molar-refractivity contribution in [1.29, 1.82) is 0 Å². The van der Waals surface area contributed by atoms with Crippen molar-refractivity contribution in [3.05, 3.63) is 23.6 Å². The van der Waals surface area contributed by atoms with E-state index in [0.29, 0.717) is 31.3 Å². The van der Waals surface area contributed by atoms with Gasteiger partial charge in [0.2, 0.25) is 0 Å². The Morgan fingerprint density at radius 1 is 1.29 bits per heavy atom. The molecular formula is C12H16N6O4S2. The Hall–Kier alpha value is -2.02. The number of nitrogens with zero attached hydrogens (tertiary/aromatic N) is 5. The van der Waals surface area contributed by atoms with Crippen LogP contribution in [0.3, 0.4) is 0 Å². The van der Waals surface area contributed by atoms with Gasteiger partial charge in [0.1, 0.15) is 4.88 Å². The van der Waals surface area contributed by atoms with Crippen LogP contribution in [0.1, 0.15) is 9.67 Å². The largest absolute Gasteiger partial charge is 0.345 e. The number of aromatic nitrogens is 3. The molecule has 1 amide bonds. The first-order valence-electron chi connectivity index (χ1n) is 7.05. The molecule has 1 aliphatic rings. The second-order valence-electron chi connectivity index (χ2n) is 5.22. The molecule has 0 aromatic carbocycles. The van der Waals surface area contributed by atoms with E-state index in [0.717, 1.165) is 11.3 Å². The Kier molecular flexibility index (Phi) is 4.54. The van der Waals surface area contributed by atoms with E-state index in [-0.39, 0.29) is 9.90 Å². The van der Waals surface area contributed by atoms with E-state index in [9.17, 15) is 13.2 Å². The third-order valence-corrected chi connectivity index (χ3v) is 6.45. The van der Waals surface area contributed by atoms with Crippen molar-refractivity contribution in [3.63, 3.8) is 0 Å². The van der Waals surface area contributed by atoms with Gasteiger partial charge < -0.3 is 9.47 Å². The molecule has 0 saturated carbocycles. The predicted octanol–water partition coefficient (Wildman–Crippen LogP) is -0.494. The number of aryl methyl sites for hydroxylation is 1. The van der Waals surface area contributed by atoms with E-state index in [4.69, 9.17) is 5.21 Å². The van der Waals surface area contributed by atoms with Gasteiger partial charge in [-0.05, 0) is 0 Å². The van der Waals surface area contributed by atoms with Crippen LogP contribution in [0.4, 0.5) is 5.13 Å². The van der Waals surface area contributed by atoms with Gasteiger partial charge in [-0.3, -0.25) is 10.0 Å². The van der Waals surface area contributed by atoms with Crippen LogP contribution in [0.5, 0.6) is 0 Å². The number of hydroxylamine groups is 1. The quantitative estimate of drug-likeness (QED) is 0.548. The molecule has 0 atom stereocenters. The van der Waals surface area contributed by atoms with Crippen LogP contribution < -0.4 is 10.4 Å². The molecule has 0 radical (unpaired) electrons. The number of amides is 1. The van der Waals surface area contributed by atoms with Gasteiger partial charge in [0.15, 0.2) is 10.2 Å². The van der Waals surface area contributed by atoms with E-state index < -0.39 is 15.9 Å². The molecule has 1 fully saturated rings. The monoisotopic (exact) mass is 372 g/mol. The summed E-state index contributed by atoms with van der Waals surface area (Å²) in [5.74, 6) is -0.616. The first-order valence-corrected chi connectivity index (χ1v) is 9.31. The molecule has 0 aliphatic carbocycles. The first-order chi connectivity index (χ1) is 11.4. The average molecular weight is 372 g/mol. The maximum absolute atomic E-state index is 12.5. The minimum Gasteiger partial charge on any atom is -0.345 e. The molecule has 2 N–H and O–H groups in total. The van der Waals surface area contributed by atoms with Gasteiger partial charge in [0.25, 0.3) is 15.9 Å². The second kappa shape index (κ2) is 6.47. The lowest BCUT2D eigenvalue weighted by molar-refractivity contribution is 0.0710. The Bertz CT molecular complexity index is 837. The van der Waals surface area contributed by atoms with Crippen LogP contribution in [0.25, 0.3) is 0 Å². The molecule has 10 nitrogen and oxygen atoms in total. The van der Waals surface area contributed by atoms with Crippen molar-refractivity contribution in [2.45, 2.75) is 5.03 Å². The first kappa shape index (κ1) is 16.8. The normalized spacial score (nSPS) is 16.3. The summed E-state index contributed by atoms with van der Waals surface area (Å²) in [5, 5.41) is 9.28. The zero-order valence-electron chi connectivity index (χ0n) is 12.8. The highest BCUT2D eigenvalue weighted by Gasteiger charge is 2.31. The molecule has 1 saturated heterocycles. The van der Waals surface area contributed by atoms with Gasteiger partial charge in [0, 0.05) is 39.4 Å². The molecule has 0 bridgehead atoms. The third kappa shape index (κ3) is 3.13. The number of hydrogen-bond donors (Lipinski definition) is 2. The number of thiazole rings is 1. The molecular weight excluding hydrogens is 356 g/mol. The predicted molar refractivity (Wildman–Crippen MR) is 85.5 cm³/mol. The van der Waals surface area contributed by atoms with Crippen LogP contribution in [0, 0.1) is 0 Å².